The van der Waals surface area contributed by atoms with Crippen molar-refractivity contribution in [3.63, 3.8) is 0 Å². The van der Waals surface area contributed by atoms with Crippen LogP contribution in [0, 0.1) is 0 Å². The fraction of sp³-hybridized carbons (Fsp3) is 0.263. The number of hydrogen-bond donors (Lipinski definition) is 2. The first-order valence-corrected chi connectivity index (χ1v) is 8.73. The molecule has 3 heterocycles. The molecule has 132 valence electrons. The Bertz CT molecular complexity index is 856. The Kier molecular flexibility index (Phi) is 4.59. The quantitative estimate of drug-likeness (QED) is 0.757. The Morgan fingerprint density at radius 1 is 1.12 bits per heavy atom. The summed E-state index contributed by atoms with van der Waals surface area (Å²) in [6.45, 7) is 1.41. The molecule has 26 heavy (non-hydrogen) atoms. The van der Waals surface area contributed by atoms with Crippen LogP contribution in [0.15, 0.2) is 54.9 Å². The molecule has 0 unspecified atom stereocenters. The number of aromatic amines is 1. The topological polar surface area (TPSA) is 86.8 Å². The number of hydrogen-bond acceptors (Lipinski definition) is 5. The van der Waals surface area contributed by atoms with E-state index in [1.54, 1.807) is 12.4 Å². The lowest BCUT2D eigenvalue weighted by Crippen LogP contribution is -2.42. The summed E-state index contributed by atoms with van der Waals surface area (Å²) >= 11 is 0. The number of H-pyrrole nitrogens is 1. The minimum Gasteiger partial charge on any atom is -0.366 e. The van der Waals surface area contributed by atoms with Gasteiger partial charge in [-0.25, -0.2) is 0 Å². The minimum absolute atomic E-state index is 0.0237. The van der Waals surface area contributed by atoms with Crippen molar-refractivity contribution in [2.75, 3.05) is 18.4 Å². The number of nitrogens with one attached hydrogen (secondary N) is 2. The molecule has 0 saturated carbocycles. The van der Waals surface area contributed by atoms with Crippen LogP contribution in [0.5, 0.6) is 0 Å². The molecule has 7 nitrogen and oxygen atoms in total. The molecule has 0 spiro atoms. The van der Waals surface area contributed by atoms with E-state index in [-0.39, 0.29) is 5.91 Å². The second-order valence-electron chi connectivity index (χ2n) is 6.34. The molecule has 0 atom stereocenters. The molecule has 1 fully saturated rings. The van der Waals surface area contributed by atoms with E-state index < -0.39 is 0 Å². The van der Waals surface area contributed by atoms with Gasteiger partial charge in [-0.2, -0.15) is 10.2 Å². The lowest BCUT2D eigenvalue weighted by atomic mass is 10.0. The van der Waals surface area contributed by atoms with Crippen molar-refractivity contribution in [3.05, 3.63) is 60.4 Å². The van der Waals surface area contributed by atoms with Gasteiger partial charge in [0.05, 0.1) is 17.5 Å². The number of rotatable bonds is 4. The highest BCUT2D eigenvalue weighted by atomic mass is 16.2. The lowest BCUT2D eigenvalue weighted by molar-refractivity contribution is 0.0719. The van der Waals surface area contributed by atoms with Gasteiger partial charge in [0.15, 0.2) is 0 Å². The van der Waals surface area contributed by atoms with E-state index in [0.29, 0.717) is 24.7 Å². The first-order chi connectivity index (χ1) is 12.8. The number of benzene rings is 1. The standard InChI is InChI=1S/C19H20N6O/c26-19(16-13-21-24-18(16)14-5-2-1-3-6-14)25-11-8-15(9-12-25)22-17-7-4-10-20-23-17/h1-7,10,13,15H,8-9,11-12H2,(H,21,24)(H,22,23). The Morgan fingerprint density at radius 3 is 2.65 bits per heavy atom. The van der Waals surface area contributed by atoms with Gasteiger partial charge in [0, 0.05) is 30.9 Å². The van der Waals surface area contributed by atoms with Crippen molar-refractivity contribution in [1.82, 2.24) is 25.3 Å². The van der Waals surface area contributed by atoms with Crippen LogP contribution >= 0.6 is 0 Å². The number of anilines is 1. The lowest BCUT2D eigenvalue weighted by Gasteiger charge is -2.32. The fourth-order valence-electron chi connectivity index (χ4n) is 3.26. The summed E-state index contributed by atoms with van der Waals surface area (Å²) in [5.74, 6) is 0.800. The van der Waals surface area contributed by atoms with E-state index in [4.69, 9.17) is 0 Å². The van der Waals surface area contributed by atoms with Crippen LogP contribution in [-0.4, -0.2) is 50.3 Å². The Balaban J connectivity index is 1.41. The van der Waals surface area contributed by atoms with Gasteiger partial charge in [0.2, 0.25) is 0 Å². The minimum atomic E-state index is 0.0237. The van der Waals surface area contributed by atoms with Crippen LogP contribution in [0.3, 0.4) is 0 Å². The average molecular weight is 348 g/mol. The number of likely N-dealkylation sites (tertiary alicyclic amines) is 1. The monoisotopic (exact) mass is 348 g/mol. The molecule has 3 aromatic rings. The van der Waals surface area contributed by atoms with Crippen molar-refractivity contribution in [1.29, 1.82) is 0 Å². The predicted molar refractivity (Wildman–Crippen MR) is 98.6 cm³/mol. The van der Waals surface area contributed by atoms with Gasteiger partial charge < -0.3 is 10.2 Å². The van der Waals surface area contributed by atoms with Crippen molar-refractivity contribution < 1.29 is 4.79 Å². The normalized spacial score (nSPS) is 15.0. The van der Waals surface area contributed by atoms with Crippen LogP contribution in [0.2, 0.25) is 0 Å². The first-order valence-electron chi connectivity index (χ1n) is 8.73. The summed E-state index contributed by atoms with van der Waals surface area (Å²) in [6, 6.07) is 13.9. The van der Waals surface area contributed by atoms with Crippen molar-refractivity contribution >= 4 is 11.7 Å². The predicted octanol–water partition coefficient (Wildman–Crippen LogP) is 2.58. The van der Waals surface area contributed by atoms with Gasteiger partial charge in [-0.1, -0.05) is 30.3 Å². The van der Waals surface area contributed by atoms with E-state index in [9.17, 15) is 4.79 Å². The van der Waals surface area contributed by atoms with E-state index >= 15 is 0 Å². The molecule has 2 aromatic heterocycles. The number of piperidine rings is 1. The smallest absolute Gasteiger partial charge is 0.257 e. The number of carbonyl (C=O) groups is 1. The summed E-state index contributed by atoms with van der Waals surface area (Å²) in [5.41, 5.74) is 2.36. The third-order valence-electron chi connectivity index (χ3n) is 4.64. The molecule has 1 aliphatic rings. The highest BCUT2D eigenvalue weighted by molar-refractivity contribution is 5.99. The maximum atomic E-state index is 12.9. The van der Waals surface area contributed by atoms with E-state index in [1.165, 1.54) is 0 Å². The zero-order valence-electron chi connectivity index (χ0n) is 14.3. The van der Waals surface area contributed by atoms with Gasteiger partial charge in [-0.05, 0) is 25.0 Å². The number of nitrogens with zero attached hydrogens (tertiary/aromatic N) is 4. The van der Waals surface area contributed by atoms with E-state index in [1.807, 2.05) is 47.4 Å². The summed E-state index contributed by atoms with van der Waals surface area (Å²) < 4.78 is 0. The summed E-state index contributed by atoms with van der Waals surface area (Å²) in [6.07, 6.45) is 5.03. The second kappa shape index (κ2) is 7.35. The maximum Gasteiger partial charge on any atom is 0.257 e. The Morgan fingerprint density at radius 2 is 1.92 bits per heavy atom. The SMILES string of the molecule is O=C(c1cn[nH]c1-c1ccccc1)N1CCC(Nc2cccnn2)CC1. The molecule has 0 radical (unpaired) electrons. The van der Waals surface area contributed by atoms with Crippen molar-refractivity contribution in [3.8, 4) is 11.3 Å². The largest absolute Gasteiger partial charge is 0.366 e. The van der Waals surface area contributed by atoms with Gasteiger partial charge in [-0.3, -0.25) is 9.89 Å². The van der Waals surface area contributed by atoms with Crippen LogP contribution in [-0.2, 0) is 0 Å². The van der Waals surface area contributed by atoms with Crippen LogP contribution in [0.4, 0.5) is 5.82 Å². The third-order valence-corrected chi connectivity index (χ3v) is 4.64. The zero-order valence-corrected chi connectivity index (χ0v) is 14.3. The summed E-state index contributed by atoms with van der Waals surface area (Å²) in [5, 5.41) is 18.4. The summed E-state index contributed by atoms with van der Waals surface area (Å²) in [7, 11) is 0. The molecule has 0 aliphatic carbocycles. The molecule has 0 bridgehead atoms. The van der Waals surface area contributed by atoms with Crippen LogP contribution in [0.25, 0.3) is 11.3 Å². The van der Waals surface area contributed by atoms with Crippen molar-refractivity contribution in [2.45, 2.75) is 18.9 Å². The molecule has 1 saturated heterocycles. The summed E-state index contributed by atoms with van der Waals surface area (Å²) in [4.78, 5) is 14.8. The van der Waals surface area contributed by atoms with E-state index in [0.717, 1.165) is 29.9 Å². The highest BCUT2D eigenvalue weighted by Gasteiger charge is 2.26. The molecule has 1 amide bonds. The highest BCUT2D eigenvalue weighted by Crippen LogP contribution is 2.24. The van der Waals surface area contributed by atoms with Gasteiger partial charge in [0.25, 0.3) is 5.91 Å². The second-order valence-corrected chi connectivity index (χ2v) is 6.34. The van der Waals surface area contributed by atoms with Gasteiger partial charge in [-0.15, -0.1) is 5.10 Å². The molecule has 1 aromatic carbocycles. The average Bonchev–Trinajstić information content (AvgIpc) is 3.19. The van der Waals surface area contributed by atoms with Gasteiger partial charge in [0.1, 0.15) is 5.82 Å². The fourth-order valence-corrected chi connectivity index (χ4v) is 3.26. The molecular weight excluding hydrogens is 328 g/mol. The van der Waals surface area contributed by atoms with Crippen LogP contribution in [0.1, 0.15) is 23.2 Å². The van der Waals surface area contributed by atoms with Crippen molar-refractivity contribution in [2.24, 2.45) is 0 Å². The molecule has 7 heteroatoms. The molecule has 1 aliphatic heterocycles. The number of aromatic nitrogens is 4. The maximum absolute atomic E-state index is 12.9. The molecule has 2 N–H and O–H groups in total. The molecule has 4 rings (SSSR count). The first kappa shape index (κ1) is 16.3. The number of amides is 1. The van der Waals surface area contributed by atoms with Gasteiger partial charge >= 0.3 is 0 Å². The van der Waals surface area contributed by atoms with Crippen LogP contribution < -0.4 is 5.32 Å². The Labute approximate surface area is 151 Å². The molecular formula is C19H20N6O. The Hall–Kier alpha value is -3.22. The third kappa shape index (κ3) is 3.42. The van der Waals surface area contributed by atoms with E-state index in [2.05, 4.69) is 25.7 Å². The number of carbonyl (C=O) groups excluding carboxylic acids is 1. The zero-order chi connectivity index (χ0) is 17.8.